The van der Waals surface area contributed by atoms with Crippen LogP contribution in [0.25, 0.3) is 0 Å². The molecule has 0 unspecified atom stereocenters. The molecule has 0 heterocycles. The average Bonchev–Trinajstić information content (AvgIpc) is 1.89. The molecule has 0 spiro atoms. The highest BCUT2D eigenvalue weighted by Crippen LogP contribution is 2.20. The van der Waals surface area contributed by atoms with E-state index in [1.165, 1.54) is 0 Å². The summed E-state index contributed by atoms with van der Waals surface area (Å²) >= 11 is 0. The molecule has 0 saturated carbocycles. The number of carbonyl (C=O) groups excluding carboxylic acids is 1. The third-order valence-electron chi connectivity index (χ3n) is 1.43. The van der Waals surface area contributed by atoms with Gasteiger partial charge in [-0.3, -0.25) is 0 Å². The summed E-state index contributed by atoms with van der Waals surface area (Å²) in [5.74, 6) is 0. The Kier molecular flexibility index (Phi) is 3.71. The van der Waals surface area contributed by atoms with Crippen molar-refractivity contribution in [3.05, 3.63) is 0 Å². The molecule has 2 nitrogen and oxygen atoms in total. The quantitative estimate of drug-likeness (QED) is 0.441. The molecule has 0 aromatic rings. The van der Waals surface area contributed by atoms with Crippen LogP contribution in [0, 0.1) is 16.7 Å². The number of carbonyl (C=O) groups is 1. The molecular weight excluding hydrogens is 126 g/mol. The first-order chi connectivity index (χ1) is 4.62. The summed E-state index contributed by atoms with van der Waals surface area (Å²) in [5, 5.41) is 8.56. The van der Waals surface area contributed by atoms with Gasteiger partial charge in [-0.25, -0.2) is 0 Å². The summed E-state index contributed by atoms with van der Waals surface area (Å²) in [6.07, 6.45) is 3.10. The molecule has 0 bridgehead atoms. The normalized spacial score (nSPS) is 10.5. The van der Waals surface area contributed by atoms with Crippen molar-refractivity contribution in [3.63, 3.8) is 0 Å². The average molecular weight is 139 g/mol. The smallest absolute Gasteiger partial charge is 0.119 e. The molecule has 0 atom stereocenters. The minimum Gasteiger partial charge on any atom is -0.303 e. The Morgan fingerprint density at radius 2 is 2.20 bits per heavy atom. The maximum atomic E-state index is 9.90. The van der Waals surface area contributed by atoms with Crippen molar-refractivity contribution in [1.82, 2.24) is 0 Å². The van der Waals surface area contributed by atoms with Crippen LogP contribution in [0.15, 0.2) is 0 Å². The standard InChI is InChI=1S/C8H13NO/c1-8(2,7-9)5-3-4-6-10/h6H,3-5H2,1-2H3. The van der Waals surface area contributed by atoms with Crippen LogP contribution in [0.5, 0.6) is 0 Å². The van der Waals surface area contributed by atoms with Gasteiger partial charge in [0.2, 0.25) is 0 Å². The number of hydrogen-bond acceptors (Lipinski definition) is 2. The predicted octanol–water partition coefficient (Wildman–Crippen LogP) is 1.91. The lowest BCUT2D eigenvalue weighted by molar-refractivity contribution is -0.108. The molecule has 0 amide bonds. The SMILES string of the molecule is CC(C)(C#N)CCCC=O. The molecule has 0 rings (SSSR count). The number of rotatable bonds is 4. The molecule has 10 heavy (non-hydrogen) atoms. The zero-order chi connectivity index (χ0) is 8.04. The van der Waals surface area contributed by atoms with Gasteiger partial charge in [-0.2, -0.15) is 5.26 Å². The number of unbranched alkanes of at least 4 members (excludes halogenated alkanes) is 1. The minimum absolute atomic E-state index is 0.261. The predicted molar refractivity (Wildman–Crippen MR) is 39.3 cm³/mol. The summed E-state index contributed by atoms with van der Waals surface area (Å²) in [5.41, 5.74) is -0.261. The van der Waals surface area contributed by atoms with Crippen LogP contribution in [-0.2, 0) is 4.79 Å². The van der Waals surface area contributed by atoms with E-state index in [0.717, 1.165) is 19.1 Å². The van der Waals surface area contributed by atoms with Gasteiger partial charge in [0.25, 0.3) is 0 Å². The first-order valence-electron chi connectivity index (χ1n) is 3.47. The molecule has 0 aromatic heterocycles. The zero-order valence-corrected chi connectivity index (χ0v) is 6.55. The molecular formula is C8H13NO. The van der Waals surface area contributed by atoms with E-state index in [-0.39, 0.29) is 5.41 Å². The fourth-order valence-corrected chi connectivity index (χ4v) is 0.683. The first kappa shape index (κ1) is 9.16. The van der Waals surface area contributed by atoms with Crippen molar-refractivity contribution >= 4 is 6.29 Å². The van der Waals surface area contributed by atoms with E-state index >= 15 is 0 Å². The maximum Gasteiger partial charge on any atom is 0.119 e. The van der Waals surface area contributed by atoms with Crippen molar-refractivity contribution in [2.24, 2.45) is 5.41 Å². The lowest BCUT2D eigenvalue weighted by Crippen LogP contribution is -2.06. The Bertz CT molecular complexity index is 144. The Morgan fingerprint density at radius 1 is 1.60 bits per heavy atom. The Labute approximate surface area is 61.8 Å². The van der Waals surface area contributed by atoms with Crippen LogP contribution in [-0.4, -0.2) is 6.29 Å². The molecule has 0 radical (unpaired) electrons. The van der Waals surface area contributed by atoms with E-state index in [9.17, 15) is 4.79 Å². The summed E-state index contributed by atoms with van der Waals surface area (Å²) in [7, 11) is 0. The highest BCUT2D eigenvalue weighted by atomic mass is 16.1. The van der Waals surface area contributed by atoms with E-state index in [4.69, 9.17) is 5.26 Å². The fourth-order valence-electron chi connectivity index (χ4n) is 0.683. The van der Waals surface area contributed by atoms with Crippen LogP contribution in [0.1, 0.15) is 33.1 Å². The number of aldehydes is 1. The molecule has 0 aromatic carbocycles. The topological polar surface area (TPSA) is 40.9 Å². The van der Waals surface area contributed by atoms with Gasteiger partial charge in [0.05, 0.1) is 11.5 Å². The summed E-state index contributed by atoms with van der Waals surface area (Å²) in [6.45, 7) is 3.77. The van der Waals surface area contributed by atoms with Gasteiger partial charge >= 0.3 is 0 Å². The van der Waals surface area contributed by atoms with Crippen molar-refractivity contribution < 1.29 is 4.79 Å². The third-order valence-corrected chi connectivity index (χ3v) is 1.43. The fraction of sp³-hybridized carbons (Fsp3) is 0.750. The maximum absolute atomic E-state index is 9.90. The molecule has 2 heteroatoms. The highest BCUT2D eigenvalue weighted by Gasteiger charge is 2.14. The van der Waals surface area contributed by atoms with Crippen LogP contribution in [0.4, 0.5) is 0 Å². The van der Waals surface area contributed by atoms with Crippen LogP contribution >= 0.6 is 0 Å². The van der Waals surface area contributed by atoms with Gasteiger partial charge in [-0.1, -0.05) is 0 Å². The van der Waals surface area contributed by atoms with E-state index in [0.29, 0.717) is 6.42 Å². The van der Waals surface area contributed by atoms with Gasteiger partial charge in [0, 0.05) is 6.42 Å². The second kappa shape index (κ2) is 4.05. The molecule has 0 N–H and O–H groups in total. The molecule has 0 fully saturated rings. The van der Waals surface area contributed by atoms with E-state index in [1.807, 2.05) is 13.8 Å². The lowest BCUT2D eigenvalue weighted by atomic mass is 9.89. The molecule has 0 aliphatic rings. The summed E-state index contributed by atoms with van der Waals surface area (Å²) in [4.78, 5) is 9.90. The Hall–Kier alpha value is -0.840. The van der Waals surface area contributed by atoms with Crippen LogP contribution in [0.3, 0.4) is 0 Å². The van der Waals surface area contributed by atoms with Gasteiger partial charge < -0.3 is 4.79 Å². The Morgan fingerprint density at radius 3 is 2.60 bits per heavy atom. The van der Waals surface area contributed by atoms with Crippen molar-refractivity contribution in [2.75, 3.05) is 0 Å². The second-order valence-electron chi connectivity index (χ2n) is 3.05. The number of nitriles is 1. The van der Waals surface area contributed by atoms with Crippen molar-refractivity contribution in [1.29, 1.82) is 5.26 Å². The minimum atomic E-state index is -0.261. The summed E-state index contributed by atoms with van der Waals surface area (Å²) < 4.78 is 0. The van der Waals surface area contributed by atoms with E-state index in [2.05, 4.69) is 6.07 Å². The first-order valence-corrected chi connectivity index (χ1v) is 3.47. The monoisotopic (exact) mass is 139 g/mol. The van der Waals surface area contributed by atoms with Gasteiger partial charge in [-0.15, -0.1) is 0 Å². The third kappa shape index (κ3) is 4.08. The number of nitrogens with zero attached hydrogens (tertiary/aromatic N) is 1. The molecule has 0 aliphatic carbocycles. The molecule has 56 valence electrons. The Balaban J connectivity index is 3.49. The van der Waals surface area contributed by atoms with Crippen molar-refractivity contribution in [2.45, 2.75) is 33.1 Å². The number of hydrogen-bond donors (Lipinski definition) is 0. The van der Waals surface area contributed by atoms with E-state index < -0.39 is 0 Å². The molecule has 0 aliphatic heterocycles. The van der Waals surface area contributed by atoms with Crippen LogP contribution in [0.2, 0.25) is 0 Å². The van der Waals surface area contributed by atoms with Crippen LogP contribution < -0.4 is 0 Å². The van der Waals surface area contributed by atoms with Gasteiger partial charge in [0.15, 0.2) is 0 Å². The molecule has 0 saturated heterocycles. The van der Waals surface area contributed by atoms with Crippen molar-refractivity contribution in [3.8, 4) is 6.07 Å². The second-order valence-corrected chi connectivity index (χ2v) is 3.05. The highest BCUT2D eigenvalue weighted by molar-refractivity contribution is 5.48. The van der Waals surface area contributed by atoms with Gasteiger partial charge in [-0.05, 0) is 26.7 Å². The summed E-state index contributed by atoms with van der Waals surface area (Å²) in [6, 6.07) is 2.18. The lowest BCUT2D eigenvalue weighted by Gasteiger charge is -2.12. The van der Waals surface area contributed by atoms with E-state index in [1.54, 1.807) is 0 Å². The zero-order valence-electron chi connectivity index (χ0n) is 6.55. The largest absolute Gasteiger partial charge is 0.303 e. The van der Waals surface area contributed by atoms with Gasteiger partial charge in [0.1, 0.15) is 6.29 Å².